The Labute approximate surface area is 181 Å². The number of nitrogens with zero attached hydrogens (tertiary/aromatic N) is 3. The van der Waals surface area contributed by atoms with E-state index in [1.807, 2.05) is 24.5 Å². The Morgan fingerprint density at radius 1 is 0.903 bits per heavy atom. The Kier molecular flexibility index (Phi) is 5.15. The lowest BCUT2D eigenvalue weighted by Gasteiger charge is -2.07. The van der Waals surface area contributed by atoms with Gasteiger partial charge in [0.25, 0.3) is 0 Å². The van der Waals surface area contributed by atoms with Crippen molar-refractivity contribution in [3.63, 3.8) is 0 Å². The second-order valence-electron chi connectivity index (χ2n) is 7.62. The minimum absolute atomic E-state index is 0.630. The summed E-state index contributed by atoms with van der Waals surface area (Å²) in [6.07, 6.45) is 6.59. The number of fused-ring (bicyclic) bond motifs is 1. The number of anilines is 1. The molecule has 0 saturated carbocycles. The summed E-state index contributed by atoms with van der Waals surface area (Å²) in [6, 6.07) is 23.0. The summed E-state index contributed by atoms with van der Waals surface area (Å²) in [6.45, 7) is 2.88. The van der Waals surface area contributed by atoms with E-state index in [2.05, 4.69) is 81.8 Å². The third-order valence-electron chi connectivity index (χ3n) is 5.35. The second kappa shape index (κ2) is 8.40. The summed E-state index contributed by atoms with van der Waals surface area (Å²) < 4.78 is 0. The molecule has 0 radical (unpaired) electrons. The van der Waals surface area contributed by atoms with E-state index in [1.165, 1.54) is 11.1 Å². The van der Waals surface area contributed by atoms with Crippen LogP contribution in [0.3, 0.4) is 0 Å². The molecule has 2 aromatic carbocycles. The Bertz CT molecular complexity index is 1320. The van der Waals surface area contributed by atoms with Crippen molar-refractivity contribution in [2.75, 3.05) is 11.9 Å². The number of aromatic nitrogens is 4. The zero-order valence-electron chi connectivity index (χ0n) is 17.3. The average Bonchev–Trinajstić information content (AvgIpc) is 3.23. The van der Waals surface area contributed by atoms with Gasteiger partial charge in [-0.1, -0.05) is 60.2 Å². The van der Waals surface area contributed by atoms with Crippen LogP contribution < -0.4 is 5.32 Å². The maximum absolute atomic E-state index is 4.74. The Balaban J connectivity index is 1.41. The standard InChI is InChI=1S/C26H23N5/c1-18-6-5-9-20(14-18)21-15-22-23(17-30-25(22)29-16-21)24-11-13-28-26(31-24)27-12-10-19-7-3-2-4-8-19/h2-9,11,13-17H,10,12H2,1H3,(H,29,30)(H,27,28,31). The lowest BCUT2D eigenvalue weighted by molar-refractivity contribution is 0.985. The van der Waals surface area contributed by atoms with Gasteiger partial charge in [0.1, 0.15) is 5.65 Å². The van der Waals surface area contributed by atoms with E-state index < -0.39 is 0 Å². The van der Waals surface area contributed by atoms with Gasteiger partial charge in [-0.15, -0.1) is 0 Å². The lowest BCUT2D eigenvalue weighted by atomic mass is 10.0. The fourth-order valence-electron chi connectivity index (χ4n) is 3.75. The van der Waals surface area contributed by atoms with Crippen LogP contribution in [0, 0.1) is 6.92 Å². The topological polar surface area (TPSA) is 66.5 Å². The second-order valence-corrected chi connectivity index (χ2v) is 7.62. The molecule has 5 nitrogen and oxygen atoms in total. The van der Waals surface area contributed by atoms with Crippen molar-refractivity contribution in [2.45, 2.75) is 13.3 Å². The maximum Gasteiger partial charge on any atom is 0.223 e. The number of nitrogens with one attached hydrogen (secondary N) is 2. The minimum Gasteiger partial charge on any atom is -0.354 e. The molecule has 5 rings (SSSR count). The van der Waals surface area contributed by atoms with Crippen molar-refractivity contribution in [1.29, 1.82) is 0 Å². The molecule has 31 heavy (non-hydrogen) atoms. The van der Waals surface area contributed by atoms with Crippen LogP contribution in [0.25, 0.3) is 33.4 Å². The summed E-state index contributed by atoms with van der Waals surface area (Å²) >= 11 is 0. The summed E-state index contributed by atoms with van der Waals surface area (Å²) in [7, 11) is 0. The van der Waals surface area contributed by atoms with Gasteiger partial charge in [-0.2, -0.15) is 0 Å². The molecule has 0 aliphatic carbocycles. The van der Waals surface area contributed by atoms with Crippen LogP contribution in [0.1, 0.15) is 11.1 Å². The van der Waals surface area contributed by atoms with Crippen molar-refractivity contribution in [2.24, 2.45) is 0 Å². The highest BCUT2D eigenvalue weighted by Gasteiger charge is 2.11. The van der Waals surface area contributed by atoms with Gasteiger partial charge in [-0.3, -0.25) is 0 Å². The molecule has 0 fully saturated rings. The lowest BCUT2D eigenvalue weighted by Crippen LogP contribution is -2.08. The molecule has 5 heteroatoms. The minimum atomic E-state index is 0.630. The third-order valence-corrected chi connectivity index (χ3v) is 5.35. The number of aryl methyl sites for hydroxylation is 1. The molecule has 3 aromatic heterocycles. The summed E-state index contributed by atoms with van der Waals surface area (Å²) in [5.41, 5.74) is 7.51. The predicted molar refractivity (Wildman–Crippen MR) is 126 cm³/mol. The first kappa shape index (κ1) is 19.0. The van der Waals surface area contributed by atoms with Gasteiger partial charge in [0.15, 0.2) is 0 Å². The Morgan fingerprint density at radius 2 is 1.81 bits per heavy atom. The molecule has 5 aromatic rings. The van der Waals surface area contributed by atoms with E-state index in [0.717, 1.165) is 46.4 Å². The monoisotopic (exact) mass is 405 g/mol. The van der Waals surface area contributed by atoms with Crippen molar-refractivity contribution in [1.82, 2.24) is 19.9 Å². The normalized spacial score (nSPS) is 11.0. The first-order valence-electron chi connectivity index (χ1n) is 10.4. The van der Waals surface area contributed by atoms with E-state index >= 15 is 0 Å². The molecule has 0 bridgehead atoms. The third kappa shape index (κ3) is 4.16. The molecule has 0 saturated heterocycles. The van der Waals surface area contributed by atoms with Crippen LogP contribution in [0.5, 0.6) is 0 Å². The highest BCUT2D eigenvalue weighted by molar-refractivity contribution is 5.95. The molecule has 0 atom stereocenters. The van der Waals surface area contributed by atoms with Crippen molar-refractivity contribution in [3.05, 3.63) is 96.4 Å². The van der Waals surface area contributed by atoms with E-state index in [1.54, 1.807) is 6.20 Å². The van der Waals surface area contributed by atoms with Crippen LogP contribution in [0.4, 0.5) is 5.95 Å². The highest BCUT2D eigenvalue weighted by atomic mass is 15.1. The molecule has 2 N–H and O–H groups in total. The summed E-state index contributed by atoms with van der Waals surface area (Å²) in [5, 5.41) is 4.39. The van der Waals surface area contributed by atoms with Crippen LogP contribution in [0.15, 0.2) is 85.3 Å². The fraction of sp³-hybridized carbons (Fsp3) is 0.115. The molecule has 0 aliphatic rings. The maximum atomic E-state index is 4.74. The molecular weight excluding hydrogens is 382 g/mol. The average molecular weight is 406 g/mol. The van der Waals surface area contributed by atoms with E-state index in [9.17, 15) is 0 Å². The number of hydrogen-bond acceptors (Lipinski definition) is 4. The van der Waals surface area contributed by atoms with Gasteiger partial charge in [0, 0.05) is 41.6 Å². The number of rotatable bonds is 6. The largest absolute Gasteiger partial charge is 0.354 e. The van der Waals surface area contributed by atoms with Crippen molar-refractivity contribution < 1.29 is 0 Å². The first-order valence-corrected chi connectivity index (χ1v) is 10.4. The smallest absolute Gasteiger partial charge is 0.223 e. The molecular formula is C26H23N5. The summed E-state index contributed by atoms with van der Waals surface area (Å²) in [5.74, 6) is 0.630. The molecule has 0 amide bonds. The van der Waals surface area contributed by atoms with Gasteiger partial charge in [-0.05, 0) is 36.6 Å². The zero-order valence-corrected chi connectivity index (χ0v) is 17.3. The van der Waals surface area contributed by atoms with Crippen LogP contribution in [0.2, 0.25) is 0 Å². The Hall–Kier alpha value is -3.99. The molecule has 3 heterocycles. The Morgan fingerprint density at radius 3 is 2.68 bits per heavy atom. The zero-order chi connectivity index (χ0) is 21.0. The van der Waals surface area contributed by atoms with Crippen LogP contribution >= 0.6 is 0 Å². The van der Waals surface area contributed by atoms with Gasteiger partial charge in [-0.25, -0.2) is 15.0 Å². The number of aromatic amines is 1. The molecule has 0 unspecified atom stereocenters. The van der Waals surface area contributed by atoms with Crippen LogP contribution in [-0.4, -0.2) is 26.5 Å². The first-order chi connectivity index (χ1) is 15.3. The number of pyridine rings is 1. The van der Waals surface area contributed by atoms with E-state index in [-0.39, 0.29) is 0 Å². The SMILES string of the molecule is Cc1cccc(-c2cnc3[nH]cc(-c4ccnc(NCCc5ccccc5)n4)c3c2)c1. The van der Waals surface area contributed by atoms with Crippen molar-refractivity contribution >= 4 is 17.0 Å². The van der Waals surface area contributed by atoms with E-state index in [0.29, 0.717) is 5.95 Å². The summed E-state index contributed by atoms with van der Waals surface area (Å²) in [4.78, 5) is 17.0. The quantitative estimate of drug-likeness (QED) is 0.383. The highest BCUT2D eigenvalue weighted by Crippen LogP contribution is 2.30. The van der Waals surface area contributed by atoms with Gasteiger partial charge in [0.2, 0.25) is 5.95 Å². The molecule has 0 spiro atoms. The number of hydrogen-bond donors (Lipinski definition) is 2. The van der Waals surface area contributed by atoms with Gasteiger partial charge < -0.3 is 10.3 Å². The number of benzene rings is 2. The van der Waals surface area contributed by atoms with Gasteiger partial charge >= 0.3 is 0 Å². The predicted octanol–water partition coefficient (Wildman–Crippen LogP) is 5.65. The van der Waals surface area contributed by atoms with Gasteiger partial charge in [0.05, 0.1) is 5.69 Å². The van der Waals surface area contributed by atoms with E-state index in [4.69, 9.17) is 4.98 Å². The molecule has 152 valence electrons. The van der Waals surface area contributed by atoms with Crippen LogP contribution in [-0.2, 0) is 6.42 Å². The molecule has 0 aliphatic heterocycles. The fourth-order valence-corrected chi connectivity index (χ4v) is 3.75. The number of H-pyrrole nitrogens is 1. The van der Waals surface area contributed by atoms with Crippen molar-refractivity contribution in [3.8, 4) is 22.4 Å².